The minimum Gasteiger partial charge on any atom is -0.716 e. The summed E-state index contributed by atoms with van der Waals surface area (Å²) in [5.74, 6) is 1.32. The molecule has 6 nitrogen and oxygen atoms in total. The molecule has 0 N–H and O–H groups in total. The molecule has 0 spiro atoms. The van der Waals surface area contributed by atoms with Gasteiger partial charge >= 0.3 is 51.4 Å². The van der Waals surface area contributed by atoms with E-state index in [4.69, 9.17) is 9.47 Å². The van der Waals surface area contributed by atoms with E-state index >= 15 is 0 Å². The molecule has 0 radical (unpaired) electrons. The van der Waals surface area contributed by atoms with Crippen LogP contribution in [-0.4, -0.2) is 27.2 Å². The van der Waals surface area contributed by atoms with Crippen molar-refractivity contribution in [2.75, 3.05) is 14.2 Å². The maximum Gasteiger partial charge on any atom is 1.00 e. The summed E-state index contributed by atoms with van der Waals surface area (Å²) in [4.78, 5) is 0. The summed E-state index contributed by atoms with van der Waals surface area (Å²) in [5.41, 5.74) is 1.69. The fourth-order valence-electron chi connectivity index (χ4n) is 1.87. The summed E-state index contributed by atoms with van der Waals surface area (Å²) in [6.45, 7) is 0. The van der Waals surface area contributed by atoms with Gasteiger partial charge in [0.1, 0.15) is 17.2 Å². The first kappa shape index (κ1) is 21.2. The zero-order chi connectivity index (χ0) is 16.9. The van der Waals surface area contributed by atoms with Crippen molar-refractivity contribution in [3.05, 3.63) is 53.6 Å². The van der Waals surface area contributed by atoms with Crippen LogP contribution in [0.15, 0.2) is 42.5 Å². The molecule has 0 atom stereocenters. The Hall–Kier alpha value is -0.874. The van der Waals surface area contributed by atoms with E-state index in [2.05, 4.69) is 4.18 Å². The molecule has 0 saturated heterocycles. The Balaban J connectivity index is 0.00000288. The van der Waals surface area contributed by atoms with Gasteiger partial charge in [0.05, 0.1) is 14.2 Å². The average Bonchev–Trinajstić information content (AvgIpc) is 2.52. The summed E-state index contributed by atoms with van der Waals surface area (Å²) in [6.07, 6.45) is 3.68. The Morgan fingerprint density at radius 2 is 1.33 bits per heavy atom. The van der Waals surface area contributed by atoms with Gasteiger partial charge in [-0.3, -0.25) is 0 Å². The molecule has 8 heteroatoms. The zero-order valence-corrected chi connectivity index (χ0v) is 17.5. The van der Waals surface area contributed by atoms with Gasteiger partial charge in [0.25, 0.3) is 10.4 Å². The fourth-order valence-corrected chi connectivity index (χ4v) is 2.22. The molecule has 0 amide bonds. The molecule has 0 unspecified atom stereocenters. The van der Waals surface area contributed by atoms with Crippen molar-refractivity contribution in [3.63, 3.8) is 0 Å². The molecule has 0 aliphatic rings. The van der Waals surface area contributed by atoms with E-state index in [1.807, 2.05) is 24.3 Å². The summed E-state index contributed by atoms with van der Waals surface area (Å²) < 4.78 is 46.1. The zero-order valence-electron chi connectivity index (χ0n) is 13.6. The van der Waals surface area contributed by atoms with E-state index in [1.165, 1.54) is 12.1 Å². The SMILES string of the molecule is COc1cc(/C=C/c2ccc(OS(=O)(=O)[O-])cc2)cc(OC)c1.[K+]. The van der Waals surface area contributed by atoms with Gasteiger partial charge in [-0.15, -0.1) is 0 Å². The van der Waals surface area contributed by atoms with Crippen molar-refractivity contribution in [1.29, 1.82) is 0 Å². The van der Waals surface area contributed by atoms with Gasteiger partial charge in [0, 0.05) is 6.07 Å². The normalized spacial score (nSPS) is 11.0. The van der Waals surface area contributed by atoms with Crippen LogP contribution in [0.5, 0.6) is 17.2 Å². The van der Waals surface area contributed by atoms with Crippen molar-refractivity contribution in [1.82, 2.24) is 0 Å². The smallest absolute Gasteiger partial charge is 0.716 e. The minimum absolute atomic E-state index is 0. The Morgan fingerprint density at radius 3 is 1.79 bits per heavy atom. The Kier molecular flexibility index (Phi) is 8.44. The number of rotatable bonds is 6. The van der Waals surface area contributed by atoms with Crippen molar-refractivity contribution in [2.45, 2.75) is 0 Å². The predicted octanol–water partition coefficient (Wildman–Crippen LogP) is -0.283. The third kappa shape index (κ3) is 6.94. The maximum absolute atomic E-state index is 10.5. The molecule has 0 heterocycles. The molecule has 0 bridgehead atoms. The first-order chi connectivity index (χ1) is 10.9. The number of ether oxygens (including phenoxy) is 2. The van der Waals surface area contributed by atoms with Crippen molar-refractivity contribution >= 4 is 22.6 Å². The third-order valence-electron chi connectivity index (χ3n) is 2.92. The van der Waals surface area contributed by atoms with Crippen LogP contribution in [0, 0.1) is 0 Å². The fraction of sp³-hybridized carbons (Fsp3) is 0.125. The Bertz CT molecular complexity index is 778. The van der Waals surface area contributed by atoms with E-state index in [1.54, 1.807) is 32.4 Å². The van der Waals surface area contributed by atoms with Gasteiger partial charge in [0.15, 0.2) is 0 Å². The minimum atomic E-state index is -4.76. The topological polar surface area (TPSA) is 84.9 Å². The van der Waals surface area contributed by atoms with Crippen LogP contribution in [0.2, 0.25) is 0 Å². The number of hydrogen-bond acceptors (Lipinski definition) is 6. The molecular formula is C16H15KO6S. The number of hydrogen-bond donors (Lipinski definition) is 0. The largest absolute Gasteiger partial charge is 1.00 e. The van der Waals surface area contributed by atoms with Crippen LogP contribution >= 0.6 is 0 Å². The standard InChI is InChI=1S/C16H16O6S.K/c1-20-15-9-13(10-16(11-15)21-2)4-3-12-5-7-14(8-6-12)22-23(17,18)19;/h3-11H,1-2H3,(H,17,18,19);/q;+1/p-1/b4-3+;. The van der Waals surface area contributed by atoms with Crippen LogP contribution in [0.1, 0.15) is 11.1 Å². The second-order valence-electron chi connectivity index (χ2n) is 4.54. The molecule has 2 aromatic rings. The summed E-state index contributed by atoms with van der Waals surface area (Å²) in [5, 5.41) is 0. The summed E-state index contributed by atoms with van der Waals surface area (Å²) >= 11 is 0. The first-order valence-electron chi connectivity index (χ1n) is 6.56. The molecule has 2 rings (SSSR count). The summed E-state index contributed by atoms with van der Waals surface area (Å²) in [7, 11) is -1.61. The second kappa shape index (κ2) is 9.57. The van der Waals surface area contributed by atoms with Gasteiger partial charge in [0.2, 0.25) is 0 Å². The monoisotopic (exact) mass is 374 g/mol. The van der Waals surface area contributed by atoms with Crippen LogP contribution in [0.25, 0.3) is 12.2 Å². The third-order valence-corrected chi connectivity index (χ3v) is 3.32. The van der Waals surface area contributed by atoms with Gasteiger partial charge in [-0.05, 0) is 35.4 Å². The molecule has 0 aliphatic heterocycles. The van der Waals surface area contributed by atoms with Gasteiger partial charge in [-0.1, -0.05) is 24.3 Å². The van der Waals surface area contributed by atoms with E-state index in [0.717, 1.165) is 11.1 Å². The van der Waals surface area contributed by atoms with Crippen LogP contribution in [-0.2, 0) is 10.4 Å². The van der Waals surface area contributed by atoms with Crippen LogP contribution in [0.4, 0.5) is 0 Å². The second-order valence-corrected chi connectivity index (χ2v) is 5.52. The van der Waals surface area contributed by atoms with Crippen molar-refractivity contribution in [2.24, 2.45) is 0 Å². The van der Waals surface area contributed by atoms with Gasteiger partial charge in [-0.2, -0.15) is 0 Å². The van der Waals surface area contributed by atoms with E-state index < -0.39 is 10.4 Å². The molecule has 0 aromatic heterocycles. The first-order valence-corrected chi connectivity index (χ1v) is 7.89. The maximum atomic E-state index is 10.5. The van der Waals surface area contributed by atoms with Gasteiger partial charge in [-0.25, -0.2) is 8.42 Å². The Morgan fingerprint density at radius 1 is 0.833 bits per heavy atom. The van der Waals surface area contributed by atoms with Gasteiger partial charge < -0.3 is 18.2 Å². The molecule has 24 heavy (non-hydrogen) atoms. The quantitative estimate of drug-likeness (QED) is 0.299. The average molecular weight is 374 g/mol. The number of benzene rings is 2. The van der Waals surface area contributed by atoms with E-state index in [9.17, 15) is 13.0 Å². The summed E-state index contributed by atoms with van der Waals surface area (Å²) in [6, 6.07) is 11.5. The van der Waals surface area contributed by atoms with Crippen molar-refractivity contribution < 1.29 is 78.0 Å². The van der Waals surface area contributed by atoms with Crippen molar-refractivity contribution in [3.8, 4) is 17.2 Å². The molecule has 0 aliphatic carbocycles. The van der Waals surface area contributed by atoms with E-state index in [-0.39, 0.29) is 57.1 Å². The molecule has 0 saturated carbocycles. The van der Waals surface area contributed by atoms with Crippen LogP contribution < -0.4 is 65.0 Å². The van der Waals surface area contributed by atoms with Crippen LogP contribution in [0.3, 0.4) is 0 Å². The number of methoxy groups -OCH3 is 2. The Labute approximate surface area is 183 Å². The predicted molar refractivity (Wildman–Crippen MR) is 85.2 cm³/mol. The molecular weight excluding hydrogens is 359 g/mol. The molecule has 122 valence electrons. The molecule has 0 fully saturated rings. The van der Waals surface area contributed by atoms with E-state index in [0.29, 0.717) is 11.5 Å². The molecule has 2 aromatic carbocycles.